The molecule has 0 N–H and O–H groups in total. The highest BCUT2D eigenvalue weighted by molar-refractivity contribution is 7.09. The van der Waals surface area contributed by atoms with E-state index >= 15 is 0 Å². The van der Waals surface area contributed by atoms with Gasteiger partial charge < -0.3 is 0 Å². The second-order valence-corrected chi connectivity index (χ2v) is 5.84. The first kappa shape index (κ1) is 11.4. The van der Waals surface area contributed by atoms with Crippen LogP contribution in [0.4, 0.5) is 0 Å². The Hall–Kier alpha value is -0.0500. The Bertz CT molecular complexity index is 282. The zero-order valence-corrected chi connectivity index (χ0v) is 10.7. The molecule has 1 fully saturated rings. The number of rotatable bonds is 6. The van der Waals surface area contributed by atoms with Gasteiger partial charge >= 0.3 is 0 Å². The van der Waals surface area contributed by atoms with E-state index in [1.165, 1.54) is 17.7 Å². The van der Waals surface area contributed by atoms with Gasteiger partial charge in [0.1, 0.15) is 0 Å². The van der Waals surface area contributed by atoms with Crippen molar-refractivity contribution in [3.8, 4) is 0 Å². The van der Waals surface area contributed by atoms with Crippen LogP contribution < -0.4 is 0 Å². The second kappa shape index (κ2) is 5.33. The van der Waals surface area contributed by atoms with Gasteiger partial charge in [-0.05, 0) is 30.2 Å². The maximum absolute atomic E-state index is 5.88. The molecule has 1 aromatic heterocycles. The van der Waals surface area contributed by atoms with E-state index in [-0.39, 0.29) is 0 Å². The van der Waals surface area contributed by atoms with Crippen molar-refractivity contribution in [1.29, 1.82) is 0 Å². The lowest BCUT2D eigenvalue weighted by Gasteiger charge is -2.24. The number of hydrogen-bond acceptors (Lipinski definition) is 2. The van der Waals surface area contributed by atoms with Crippen LogP contribution in [0, 0.1) is 5.92 Å². The van der Waals surface area contributed by atoms with Gasteiger partial charge in [0.05, 0.1) is 0 Å². The van der Waals surface area contributed by atoms with E-state index in [2.05, 4.69) is 29.3 Å². The standard InChI is InChI=1S/C12H18ClNS/c1-10(7-13)8-14(11-4-5-11)9-12-3-2-6-15-12/h2-3,6,10-11H,4-5,7-9H2,1H3. The molecule has 0 amide bonds. The largest absolute Gasteiger partial charge is 0.295 e. The van der Waals surface area contributed by atoms with Gasteiger partial charge in [0.2, 0.25) is 0 Å². The van der Waals surface area contributed by atoms with Crippen molar-refractivity contribution in [3.05, 3.63) is 22.4 Å². The first-order valence-corrected chi connectivity index (χ1v) is 7.03. The van der Waals surface area contributed by atoms with Crippen LogP contribution in [0.2, 0.25) is 0 Å². The summed E-state index contributed by atoms with van der Waals surface area (Å²) in [7, 11) is 0. The molecule has 0 spiro atoms. The first-order chi connectivity index (χ1) is 7.29. The van der Waals surface area contributed by atoms with Gasteiger partial charge in [-0.2, -0.15) is 0 Å². The highest BCUT2D eigenvalue weighted by atomic mass is 35.5. The molecule has 1 nitrogen and oxygen atoms in total. The minimum Gasteiger partial charge on any atom is -0.295 e. The van der Waals surface area contributed by atoms with Crippen molar-refractivity contribution in [1.82, 2.24) is 4.90 Å². The van der Waals surface area contributed by atoms with E-state index in [0.717, 1.165) is 25.0 Å². The minimum atomic E-state index is 0.604. The summed E-state index contributed by atoms with van der Waals surface area (Å²) >= 11 is 7.74. The SMILES string of the molecule is CC(CCl)CN(Cc1cccs1)C1CC1. The Morgan fingerprint density at radius 3 is 2.93 bits per heavy atom. The summed E-state index contributed by atoms with van der Waals surface area (Å²) in [6.45, 7) is 4.49. The molecular weight excluding hydrogens is 226 g/mol. The lowest BCUT2D eigenvalue weighted by atomic mass is 10.2. The van der Waals surface area contributed by atoms with Gasteiger partial charge in [-0.25, -0.2) is 0 Å². The van der Waals surface area contributed by atoms with Crippen molar-refractivity contribution in [3.63, 3.8) is 0 Å². The number of hydrogen-bond donors (Lipinski definition) is 0. The third-order valence-corrected chi connectivity index (χ3v) is 4.20. The van der Waals surface area contributed by atoms with Crippen molar-refractivity contribution in [2.24, 2.45) is 5.92 Å². The summed E-state index contributed by atoms with van der Waals surface area (Å²) in [5.74, 6) is 1.38. The van der Waals surface area contributed by atoms with Crippen LogP contribution in [0.15, 0.2) is 17.5 Å². The number of alkyl halides is 1. The fraction of sp³-hybridized carbons (Fsp3) is 0.667. The summed E-state index contributed by atoms with van der Waals surface area (Å²) in [4.78, 5) is 4.07. The predicted octanol–water partition coefficient (Wildman–Crippen LogP) is 3.59. The van der Waals surface area contributed by atoms with E-state index < -0.39 is 0 Å². The lowest BCUT2D eigenvalue weighted by Crippen LogP contribution is -2.30. The fourth-order valence-corrected chi connectivity index (χ4v) is 2.66. The monoisotopic (exact) mass is 243 g/mol. The van der Waals surface area contributed by atoms with Crippen molar-refractivity contribution < 1.29 is 0 Å². The molecule has 84 valence electrons. The van der Waals surface area contributed by atoms with Crippen molar-refractivity contribution in [2.75, 3.05) is 12.4 Å². The molecule has 0 aromatic carbocycles. The quantitative estimate of drug-likeness (QED) is 0.691. The second-order valence-electron chi connectivity index (χ2n) is 4.50. The third kappa shape index (κ3) is 3.47. The molecule has 0 radical (unpaired) electrons. The minimum absolute atomic E-state index is 0.604. The third-order valence-electron chi connectivity index (χ3n) is 2.81. The summed E-state index contributed by atoms with van der Waals surface area (Å²) < 4.78 is 0. The predicted molar refractivity (Wildman–Crippen MR) is 67.6 cm³/mol. The van der Waals surface area contributed by atoms with Crippen LogP contribution >= 0.6 is 22.9 Å². The molecule has 2 rings (SSSR count). The average Bonchev–Trinajstić information content (AvgIpc) is 2.97. The normalized spacial score (nSPS) is 18.3. The van der Waals surface area contributed by atoms with Crippen LogP contribution in [0.5, 0.6) is 0 Å². The summed E-state index contributed by atoms with van der Waals surface area (Å²) in [6.07, 6.45) is 2.75. The van der Waals surface area contributed by atoms with Crippen LogP contribution in [0.3, 0.4) is 0 Å². The summed E-state index contributed by atoms with van der Waals surface area (Å²) in [6, 6.07) is 5.19. The molecule has 1 aliphatic carbocycles. The van der Waals surface area contributed by atoms with E-state index in [9.17, 15) is 0 Å². The van der Waals surface area contributed by atoms with Crippen LogP contribution in [-0.2, 0) is 6.54 Å². The van der Waals surface area contributed by atoms with Gasteiger partial charge in [0.15, 0.2) is 0 Å². The highest BCUT2D eigenvalue weighted by Crippen LogP contribution is 2.29. The van der Waals surface area contributed by atoms with Crippen molar-refractivity contribution in [2.45, 2.75) is 32.4 Å². The first-order valence-electron chi connectivity index (χ1n) is 5.62. The Labute approximate surface area is 101 Å². The molecule has 1 unspecified atom stereocenters. The maximum atomic E-state index is 5.88. The van der Waals surface area contributed by atoms with Gasteiger partial charge in [-0.3, -0.25) is 4.90 Å². The van der Waals surface area contributed by atoms with E-state index in [1.54, 1.807) is 0 Å². The maximum Gasteiger partial charge on any atom is 0.0330 e. The molecule has 1 saturated carbocycles. The molecular formula is C12H18ClNS. The van der Waals surface area contributed by atoms with Gasteiger partial charge in [-0.15, -0.1) is 22.9 Å². The van der Waals surface area contributed by atoms with Crippen LogP contribution in [0.25, 0.3) is 0 Å². The molecule has 0 saturated heterocycles. The molecule has 1 aromatic rings. The Balaban J connectivity index is 1.88. The fourth-order valence-electron chi connectivity index (χ4n) is 1.83. The van der Waals surface area contributed by atoms with E-state index in [1.807, 2.05) is 11.3 Å². The number of thiophene rings is 1. The molecule has 3 heteroatoms. The molecule has 0 aliphatic heterocycles. The zero-order valence-electron chi connectivity index (χ0n) is 9.16. The number of nitrogens with zero attached hydrogens (tertiary/aromatic N) is 1. The Kier molecular flexibility index (Phi) is 4.06. The zero-order chi connectivity index (χ0) is 10.7. The summed E-state index contributed by atoms with van der Waals surface area (Å²) in [5.41, 5.74) is 0. The Morgan fingerprint density at radius 2 is 2.40 bits per heavy atom. The lowest BCUT2D eigenvalue weighted by molar-refractivity contribution is 0.229. The van der Waals surface area contributed by atoms with Gasteiger partial charge in [0.25, 0.3) is 0 Å². The molecule has 15 heavy (non-hydrogen) atoms. The topological polar surface area (TPSA) is 3.24 Å². The molecule has 0 bridgehead atoms. The highest BCUT2D eigenvalue weighted by Gasteiger charge is 2.29. The summed E-state index contributed by atoms with van der Waals surface area (Å²) in [5, 5.41) is 2.16. The van der Waals surface area contributed by atoms with Gasteiger partial charge in [0, 0.05) is 29.9 Å². The number of halogens is 1. The Morgan fingerprint density at radius 1 is 1.60 bits per heavy atom. The smallest absolute Gasteiger partial charge is 0.0330 e. The van der Waals surface area contributed by atoms with E-state index in [4.69, 9.17) is 11.6 Å². The van der Waals surface area contributed by atoms with Crippen LogP contribution in [0.1, 0.15) is 24.6 Å². The average molecular weight is 244 g/mol. The molecule has 1 aliphatic rings. The van der Waals surface area contributed by atoms with E-state index in [0.29, 0.717) is 5.92 Å². The van der Waals surface area contributed by atoms with Gasteiger partial charge in [-0.1, -0.05) is 13.0 Å². The van der Waals surface area contributed by atoms with Crippen LogP contribution in [-0.4, -0.2) is 23.4 Å². The molecule has 1 heterocycles. The molecule has 1 atom stereocenters. The van der Waals surface area contributed by atoms with Crippen molar-refractivity contribution >= 4 is 22.9 Å².